The van der Waals surface area contributed by atoms with Crippen LogP contribution in [0.25, 0.3) is 0 Å². The lowest BCUT2D eigenvalue weighted by Crippen LogP contribution is -2.45. The molecule has 116 valence electrons. The third-order valence-electron chi connectivity index (χ3n) is 4.78. The van der Waals surface area contributed by atoms with Gasteiger partial charge in [0.15, 0.2) is 0 Å². The summed E-state index contributed by atoms with van der Waals surface area (Å²) in [6.07, 6.45) is 5.11. The normalized spacial score (nSPS) is 28.1. The lowest BCUT2D eigenvalue weighted by molar-refractivity contribution is 0.126. The average molecular weight is 309 g/mol. The maximum absolute atomic E-state index is 9.99. The molecule has 2 atom stereocenters. The molecule has 3 rings (SSSR count). The Bertz CT molecular complexity index is 480. The Morgan fingerprint density at radius 1 is 1.29 bits per heavy atom. The third-order valence-corrected chi connectivity index (χ3v) is 5.08. The minimum absolute atomic E-state index is 0.136. The van der Waals surface area contributed by atoms with Crippen LogP contribution in [-0.4, -0.2) is 29.8 Å². The minimum atomic E-state index is -0.136. The van der Waals surface area contributed by atoms with E-state index in [4.69, 9.17) is 11.6 Å². The number of para-hydroxylation sites is 1. The van der Waals surface area contributed by atoms with Crippen LogP contribution in [0.3, 0.4) is 0 Å². The van der Waals surface area contributed by atoms with Crippen molar-refractivity contribution >= 4 is 17.3 Å². The molecule has 0 saturated carbocycles. The number of anilines is 1. The average Bonchev–Trinajstić information content (AvgIpc) is 2.71. The van der Waals surface area contributed by atoms with Gasteiger partial charge in [-0.1, -0.05) is 30.7 Å². The Kier molecular flexibility index (Phi) is 4.72. The topological polar surface area (TPSA) is 35.5 Å². The fraction of sp³-hybridized carbons (Fsp3) is 0.647. The first-order chi connectivity index (χ1) is 10.2. The van der Waals surface area contributed by atoms with Gasteiger partial charge in [-0.25, -0.2) is 0 Å². The molecule has 2 N–H and O–H groups in total. The highest BCUT2D eigenvalue weighted by molar-refractivity contribution is 6.33. The van der Waals surface area contributed by atoms with Gasteiger partial charge in [0.25, 0.3) is 0 Å². The molecule has 0 spiro atoms. The molecule has 21 heavy (non-hydrogen) atoms. The number of hydrogen-bond acceptors (Lipinski definition) is 3. The van der Waals surface area contributed by atoms with Gasteiger partial charge < -0.3 is 15.3 Å². The molecule has 2 fully saturated rings. The highest BCUT2D eigenvalue weighted by atomic mass is 35.5. The van der Waals surface area contributed by atoms with E-state index in [0.717, 1.165) is 37.4 Å². The summed E-state index contributed by atoms with van der Waals surface area (Å²) in [5.74, 6) is 0. The van der Waals surface area contributed by atoms with Crippen LogP contribution in [0.4, 0.5) is 5.69 Å². The Morgan fingerprint density at radius 3 is 2.67 bits per heavy atom. The molecule has 2 aliphatic heterocycles. The molecule has 2 saturated heterocycles. The second-order valence-electron chi connectivity index (χ2n) is 6.34. The van der Waals surface area contributed by atoms with Crippen molar-refractivity contribution in [3.63, 3.8) is 0 Å². The van der Waals surface area contributed by atoms with Crippen LogP contribution in [0.15, 0.2) is 18.2 Å². The van der Waals surface area contributed by atoms with E-state index in [1.54, 1.807) is 0 Å². The third kappa shape index (κ3) is 3.05. The maximum Gasteiger partial charge on any atom is 0.0643 e. The highest BCUT2D eigenvalue weighted by Gasteiger charge is 2.41. The summed E-state index contributed by atoms with van der Waals surface area (Å²) >= 11 is 6.54. The quantitative estimate of drug-likeness (QED) is 0.819. The Morgan fingerprint density at radius 2 is 2.00 bits per heavy atom. The zero-order chi connectivity index (χ0) is 14.8. The molecule has 0 amide bonds. The van der Waals surface area contributed by atoms with Crippen LogP contribution in [0.2, 0.25) is 5.02 Å². The lowest BCUT2D eigenvalue weighted by atomic mass is 9.97. The van der Waals surface area contributed by atoms with Crippen LogP contribution in [-0.2, 0) is 6.54 Å². The lowest BCUT2D eigenvalue weighted by Gasteiger charge is -2.40. The standard InChI is InChI=1S/C17H25ClN2O/c1-2-8-19-11-12-4-3-5-16(18)17(12)20-13-6-7-14(20)10-15(21)9-13/h3-5,13-15,19,21H,2,6-11H2,1H3. The van der Waals surface area contributed by atoms with E-state index in [1.807, 2.05) is 12.1 Å². The van der Waals surface area contributed by atoms with Crippen molar-refractivity contribution in [3.05, 3.63) is 28.8 Å². The van der Waals surface area contributed by atoms with E-state index in [2.05, 4.69) is 23.2 Å². The molecule has 0 aliphatic carbocycles. The van der Waals surface area contributed by atoms with Crippen LogP contribution in [0, 0.1) is 0 Å². The Labute approximate surface area is 132 Å². The highest BCUT2D eigenvalue weighted by Crippen LogP contribution is 2.43. The fourth-order valence-corrected chi connectivity index (χ4v) is 4.20. The minimum Gasteiger partial charge on any atom is -0.393 e. The summed E-state index contributed by atoms with van der Waals surface area (Å²) in [4.78, 5) is 2.50. The number of halogens is 1. The number of piperidine rings is 1. The number of nitrogens with one attached hydrogen (secondary N) is 1. The number of nitrogens with zero attached hydrogens (tertiary/aromatic N) is 1. The van der Waals surface area contributed by atoms with Crippen LogP contribution in [0.1, 0.15) is 44.6 Å². The summed E-state index contributed by atoms with van der Waals surface area (Å²) in [6.45, 7) is 4.07. The number of aliphatic hydroxyl groups is 1. The van der Waals surface area contributed by atoms with Gasteiger partial charge in [-0.05, 0) is 50.3 Å². The fourth-order valence-electron chi connectivity index (χ4n) is 3.91. The van der Waals surface area contributed by atoms with Crippen molar-refractivity contribution in [2.24, 2.45) is 0 Å². The summed E-state index contributed by atoms with van der Waals surface area (Å²) in [7, 11) is 0. The molecule has 2 heterocycles. The number of benzene rings is 1. The predicted molar refractivity (Wildman–Crippen MR) is 88.0 cm³/mol. The smallest absolute Gasteiger partial charge is 0.0643 e. The Balaban J connectivity index is 1.87. The molecule has 2 unspecified atom stereocenters. The predicted octanol–water partition coefficient (Wildman–Crippen LogP) is 3.33. The second kappa shape index (κ2) is 6.55. The van der Waals surface area contributed by atoms with E-state index >= 15 is 0 Å². The van der Waals surface area contributed by atoms with E-state index in [0.29, 0.717) is 12.1 Å². The van der Waals surface area contributed by atoms with Gasteiger partial charge in [-0.2, -0.15) is 0 Å². The van der Waals surface area contributed by atoms with Gasteiger partial charge in [0.1, 0.15) is 0 Å². The van der Waals surface area contributed by atoms with Crippen molar-refractivity contribution in [1.82, 2.24) is 5.32 Å². The van der Waals surface area contributed by atoms with Crippen molar-refractivity contribution in [2.45, 2.75) is 63.8 Å². The van der Waals surface area contributed by atoms with Crippen molar-refractivity contribution in [2.75, 3.05) is 11.4 Å². The van der Waals surface area contributed by atoms with E-state index in [1.165, 1.54) is 24.1 Å². The van der Waals surface area contributed by atoms with Gasteiger partial charge in [0, 0.05) is 18.6 Å². The molecule has 0 radical (unpaired) electrons. The molecule has 2 bridgehead atoms. The summed E-state index contributed by atoms with van der Waals surface area (Å²) in [5, 5.41) is 14.3. The summed E-state index contributed by atoms with van der Waals surface area (Å²) < 4.78 is 0. The molecule has 0 aromatic heterocycles. The molecular weight excluding hydrogens is 284 g/mol. The summed E-state index contributed by atoms with van der Waals surface area (Å²) in [5.41, 5.74) is 2.48. The first-order valence-corrected chi connectivity index (χ1v) is 8.53. The zero-order valence-electron chi connectivity index (χ0n) is 12.7. The molecule has 4 heteroatoms. The van der Waals surface area contributed by atoms with Gasteiger partial charge in [0.05, 0.1) is 16.8 Å². The zero-order valence-corrected chi connectivity index (χ0v) is 13.4. The van der Waals surface area contributed by atoms with Crippen molar-refractivity contribution in [3.8, 4) is 0 Å². The largest absolute Gasteiger partial charge is 0.393 e. The van der Waals surface area contributed by atoms with Gasteiger partial charge in [-0.3, -0.25) is 0 Å². The monoisotopic (exact) mass is 308 g/mol. The molecular formula is C17H25ClN2O. The van der Waals surface area contributed by atoms with Crippen molar-refractivity contribution < 1.29 is 5.11 Å². The van der Waals surface area contributed by atoms with E-state index in [9.17, 15) is 5.11 Å². The molecule has 1 aromatic rings. The maximum atomic E-state index is 9.99. The van der Waals surface area contributed by atoms with Crippen molar-refractivity contribution in [1.29, 1.82) is 0 Å². The van der Waals surface area contributed by atoms with Gasteiger partial charge in [0.2, 0.25) is 0 Å². The van der Waals surface area contributed by atoms with E-state index in [-0.39, 0.29) is 6.10 Å². The van der Waals surface area contributed by atoms with Crippen LogP contribution >= 0.6 is 11.6 Å². The summed E-state index contributed by atoms with van der Waals surface area (Å²) in [6, 6.07) is 7.10. The number of fused-ring (bicyclic) bond motifs is 2. The van der Waals surface area contributed by atoms with Crippen LogP contribution < -0.4 is 10.2 Å². The first kappa shape index (κ1) is 15.1. The molecule has 3 nitrogen and oxygen atoms in total. The molecule has 1 aromatic carbocycles. The van der Waals surface area contributed by atoms with Gasteiger partial charge in [-0.15, -0.1) is 0 Å². The Hall–Kier alpha value is -0.770. The SMILES string of the molecule is CCCNCc1cccc(Cl)c1N1C2CCC1CC(O)C2. The van der Waals surface area contributed by atoms with Crippen LogP contribution in [0.5, 0.6) is 0 Å². The van der Waals surface area contributed by atoms with Gasteiger partial charge >= 0.3 is 0 Å². The second-order valence-corrected chi connectivity index (χ2v) is 6.75. The molecule has 2 aliphatic rings. The number of rotatable bonds is 5. The number of aliphatic hydroxyl groups excluding tert-OH is 1. The number of hydrogen-bond donors (Lipinski definition) is 2. The van der Waals surface area contributed by atoms with E-state index < -0.39 is 0 Å². The first-order valence-electron chi connectivity index (χ1n) is 8.15.